The van der Waals surface area contributed by atoms with Gasteiger partial charge in [0.15, 0.2) is 5.82 Å². The zero-order chi connectivity index (χ0) is 14.2. The molecule has 4 rings (SSSR count). The lowest BCUT2D eigenvalue weighted by atomic mass is 9.99. The lowest BCUT2D eigenvalue weighted by molar-refractivity contribution is 0.413. The molecule has 0 spiro atoms. The summed E-state index contributed by atoms with van der Waals surface area (Å²) in [5.74, 6) is 1.85. The van der Waals surface area contributed by atoms with E-state index >= 15 is 0 Å². The Morgan fingerprint density at radius 3 is 3.05 bits per heavy atom. The Morgan fingerprint density at radius 2 is 2.14 bits per heavy atom. The highest BCUT2D eigenvalue weighted by atomic mass is 16.5. The lowest BCUT2D eigenvalue weighted by Gasteiger charge is -2.30. The van der Waals surface area contributed by atoms with Gasteiger partial charge in [0.2, 0.25) is 0 Å². The second-order valence-corrected chi connectivity index (χ2v) is 5.24. The standard InChI is InChI=1S/C16H16N4O/c1-21-13-3-2-11-5-7-20(9-12(11)8-13)16-15-14(4-6-17-16)18-10-19-15/h2-4,6,8,10H,5,7,9H2,1H3,(H,18,19). The molecule has 0 fully saturated rings. The van der Waals surface area contributed by atoms with E-state index in [9.17, 15) is 0 Å². The predicted octanol–water partition coefficient (Wildman–Crippen LogP) is 2.53. The van der Waals surface area contributed by atoms with Gasteiger partial charge in [-0.1, -0.05) is 6.07 Å². The maximum atomic E-state index is 5.33. The van der Waals surface area contributed by atoms with E-state index in [4.69, 9.17) is 4.74 Å². The van der Waals surface area contributed by atoms with E-state index in [1.54, 1.807) is 13.4 Å². The molecule has 5 heteroatoms. The van der Waals surface area contributed by atoms with Gasteiger partial charge in [-0.2, -0.15) is 0 Å². The van der Waals surface area contributed by atoms with Crippen molar-refractivity contribution in [2.75, 3.05) is 18.6 Å². The number of anilines is 1. The number of pyridine rings is 1. The van der Waals surface area contributed by atoms with Gasteiger partial charge in [-0.25, -0.2) is 9.97 Å². The van der Waals surface area contributed by atoms with Gasteiger partial charge in [-0.3, -0.25) is 0 Å². The number of aromatic amines is 1. The summed E-state index contributed by atoms with van der Waals surface area (Å²) in [6.07, 6.45) is 4.57. The third-order valence-corrected chi connectivity index (χ3v) is 4.04. The average Bonchev–Trinajstić information content (AvgIpc) is 3.02. The van der Waals surface area contributed by atoms with E-state index in [1.165, 1.54) is 11.1 Å². The quantitative estimate of drug-likeness (QED) is 0.783. The number of rotatable bonds is 2. The molecule has 0 aliphatic carbocycles. The van der Waals surface area contributed by atoms with Crippen molar-refractivity contribution in [1.29, 1.82) is 0 Å². The molecule has 1 aromatic carbocycles. The van der Waals surface area contributed by atoms with Crippen LogP contribution in [-0.2, 0) is 13.0 Å². The van der Waals surface area contributed by atoms with Crippen molar-refractivity contribution >= 4 is 16.9 Å². The number of aromatic nitrogens is 3. The number of benzene rings is 1. The van der Waals surface area contributed by atoms with E-state index in [0.717, 1.165) is 42.1 Å². The first-order valence-electron chi connectivity index (χ1n) is 7.04. The molecule has 1 N–H and O–H groups in total. The van der Waals surface area contributed by atoms with Crippen LogP contribution in [0.3, 0.4) is 0 Å². The van der Waals surface area contributed by atoms with Crippen LogP contribution in [-0.4, -0.2) is 28.6 Å². The molecular formula is C16H16N4O. The molecule has 3 heterocycles. The van der Waals surface area contributed by atoms with Crippen molar-refractivity contribution in [2.24, 2.45) is 0 Å². The van der Waals surface area contributed by atoms with Crippen LogP contribution in [0, 0.1) is 0 Å². The number of ether oxygens (including phenoxy) is 1. The maximum Gasteiger partial charge on any atom is 0.157 e. The van der Waals surface area contributed by atoms with Gasteiger partial charge in [0.1, 0.15) is 11.3 Å². The predicted molar refractivity (Wildman–Crippen MR) is 81.6 cm³/mol. The molecule has 0 saturated carbocycles. The Morgan fingerprint density at radius 1 is 1.19 bits per heavy atom. The molecule has 2 aromatic heterocycles. The first kappa shape index (κ1) is 12.2. The van der Waals surface area contributed by atoms with E-state index < -0.39 is 0 Å². The highest BCUT2D eigenvalue weighted by Gasteiger charge is 2.20. The molecule has 0 amide bonds. The maximum absolute atomic E-state index is 5.33. The molecule has 0 atom stereocenters. The Balaban J connectivity index is 1.73. The number of hydrogen-bond donors (Lipinski definition) is 1. The minimum atomic E-state index is 0.839. The van der Waals surface area contributed by atoms with Crippen molar-refractivity contribution in [3.05, 3.63) is 47.9 Å². The molecule has 21 heavy (non-hydrogen) atoms. The van der Waals surface area contributed by atoms with Crippen LogP contribution >= 0.6 is 0 Å². The van der Waals surface area contributed by atoms with E-state index in [2.05, 4.69) is 32.0 Å². The SMILES string of the molecule is COc1ccc2c(c1)CN(c1nccc3[nH]cnc13)CC2. The number of nitrogens with zero attached hydrogens (tertiary/aromatic N) is 3. The van der Waals surface area contributed by atoms with Gasteiger partial charge in [0.05, 0.1) is 19.0 Å². The summed E-state index contributed by atoms with van der Waals surface area (Å²) in [7, 11) is 1.70. The molecule has 3 aromatic rings. The largest absolute Gasteiger partial charge is 0.497 e. The van der Waals surface area contributed by atoms with Gasteiger partial charge in [0, 0.05) is 19.3 Å². The summed E-state index contributed by atoms with van der Waals surface area (Å²) in [6.45, 7) is 1.80. The Bertz CT molecular complexity index is 796. The average molecular weight is 280 g/mol. The Labute approximate surface area is 122 Å². The van der Waals surface area contributed by atoms with Crippen molar-refractivity contribution < 1.29 is 4.74 Å². The smallest absolute Gasteiger partial charge is 0.157 e. The molecular weight excluding hydrogens is 264 g/mol. The topological polar surface area (TPSA) is 54.0 Å². The van der Waals surface area contributed by atoms with Crippen molar-refractivity contribution in [2.45, 2.75) is 13.0 Å². The summed E-state index contributed by atoms with van der Waals surface area (Å²) in [5.41, 5.74) is 4.65. The van der Waals surface area contributed by atoms with E-state index in [0.29, 0.717) is 0 Å². The van der Waals surface area contributed by atoms with Crippen LogP contribution in [0.25, 0.3) is 11.0 Å². The first-order chi connectivity index (χ1) is 10.3. The molecule has 106 valence electrons. The van der Waals surface area contributed by atoms with Gasteiger partial charge in [-0.05, 0) is 35.7 Å². The number of hydrogen-bond acceptors (Lipinski definition) is 4. The Kier molecular flexibility index (Phi) is 2.77. The number of imidazole rings is 1. The minimum Gasteiger partial charge on any atom is -0.497 e. The third-order valence-electron chi connectivity index (χ3n) is 4.04. The fraction of sp³-hybridized carbons (Fsp3) is 0.250. The number of H-pyrrole nitrogens is 1. The molecule has 0 bridgehead atoms. The van der Waals surface area contributed by atoms with Crippen molar-refractivity contribution in [1.82, 2.24) is 15.0 Å². The van der Waals surface area contributed by atoms with Gasteiger partial charge in [0.25, 0.3) is 0 Å². The van der Waals surface area contributed by atoms with Crippen LogP contribution in [0.15, 0.2) is 36.8 Å². The third kappa shape index (κ3) is 2.01. The van der Waals surface area contributed by atoms with E-state index in [1.807, 2.05) is 18.3 Å². The second kappa shape index (κ2) is 4.77. The second-order valence-electron chi connectivity index (χ2n) is 5.24. The first-order valence-corrected chi connectivity index (χ1v) is 7.04. The number of nitrogens with one attached hydrogen (secondary N) is 1. The number of methoxy groups -OCH3 is 1. The summed E-state index contributed by atoms with van der Waals surface area (Å²) in [5, 5.41) is 0. The summed E-state index contributed by atoms with van der Waals surface area (Å²) >= 11 is 0. The highest BCUT2D eigenvalue weighted by molar-refractivity contribution is 5.85. The molecule has 0 radical (unpaired) electrons. The lowest BCUT2D eigenvalue weighted by Crippen LogP contribution is -2.31. The highest BCUT2D eigenvalue weighted by Crippen LogP contribution is 2.29. The van der Waals surface area contributed by atoms with Crippen LogP contribution < -0.4 is 9.64 Å². The van der Waals surface area contributed by atoms with Crippen LogP contribution in [0.4, 0.5) is 5.82 Å². The fourth-order valence-corrected chi connectivity index (χ4v) is 2.93. The van der Waals surface area contributed by atoms with Crippen molar-refractivity contribution in [3.8, 4) is 5.75 Å². The van der Waals surface area contributed by atoms with E-state index in [-0.39, 0.29) is 0 Å². The summed E-state index contributed by atoms with van der Waals surface area (Å²) in [4.78, 5) is 14.4. The van der Waals surface area contributed by atoms with Gasteiger partial charge in [-0.15, -0.1) is 0 Å². The Hall–Kier alpha value is -2.56. The number of fused-ring (bicyclic) bond motifs is 2. The monoisotopic (exact) mass is 280 g/mol. The molecule has 5 nitrogen and oxygen atoms in total. The normalized spacial score (nSPS) is 14.2. The minimum absolute atomic E-state index is 0.839. The summed E-state index contributed by atoms with van der Waals surface area (Å²) < 4.78 is 5.33. The zero-order valence-corrected chi connectivity index (χ0v) is 11.8. The molecule has 0 unspecified atom stereocenters. The van der Waals surface area contributed by atoms with Crippen LogP contribution in [0.5, 0.6) is 5.75 Å². The van der Waals surface area contributed by atoms with Crippen LogP contribution in [0.1, 0.15) is 11.1 Å². The van der Waals surface area contributed by atoms with Crippen LogP contribution in [0.2, 0.25) is 0 Å². The zero-order valence-electron chi connectivity index (χ0n) is 11.8. The van der Waals surface area contributed by atoms with Gasteiger partial charge >= 0.3 is 0 Å². The molecule has 0 saturated heterocycles. The molecule has 1 aliphatic rings. The summed E-state index contributed by atoms with van der Waals surface area (Å²) in [6, 6.07) is 8.26. The fourth-order valence-electron chi connectivity index (χ4n) is 2.93. The van der Waals surface area contributed by atoms with Gasteiger partial charge < -0.3 is 14.6 Å². The van der Waals surface area contributed by atoms with Crippen molar-refractivity contribution in [3.63, 3.8) is 0 Å². The molecule has 1 aliphatic heterocycles.